The molecule has 1 aliphatic heterocycles. The highest BCUT2D eigenvalue weighted by molar-refractivity contribution is 5.96. The van der Waals surface area contributed by atoms with E-state index in [1.54, 1.807) is 12.1 Å². The molecular weight excluding hydrogens is 206 g/mol. The van der Waals surface area contributed by atoms with Crippen molar-refractivity contribution in [1.82, 2.24) is 0 Å². The van der Waals surface area contributed by atoms with Crippen molar-refractivity contribution in [2.45, 2.75) is 6.92 Å². The van der Waals surface area contributed by atoms with E-state index in [9.17, 15) is 9.59 Å². The van der Waals surface area contributed by atoms with Gasteiger partial charge in [-0.05, 0) is 30.7 Å². The van der Waals surface area contributed by atoms with Crippen molar-refractivity contribution in [3.05, 3.63) is 29.3 Å². The van der Waals surface area contributed by atoms with E-state index in [4.69, 9.17) is 0 Å². The van der Waals surface area contributed by atoms with Crippen molar-refractivity contribution in [3.8, 4) is 0 Å². The summed E-state index contributed by atoms with van der Waals surface area (Å²) in [6, 6.07) is 5.49. The number of aryl methyl sites for hydroxylation is 1. The minimum Gasteiger partial charge on any atom is -0.465 e. The van der Waals surface area contributed by atoms with Crippen LogP contribution in [0.5, 0.6) is 0 Å². The average Bonchev–Trinajstić information content (AvgIpc) is 2.22. The predicted octanol–water partition coefficient (Wildman–Crippen LogP) is 1.17. The molecule has 0 radical (unpaired) electrons. The second kappa shape index (κ2) is 3.96. The van der Waals surface area contributed by atoms with Crippen LogP contribution < -0.4 is 4.90 Å². The van der Waals surface area contributed by atoms with Gasteiger partial charge in [-0.2, -0.15) is 0 Å². The second-order valence-corrected chi connectivity index (χ2v) is 3.94. The molecule has 1 aliphatic rings. The molecule has 1 heterocycles. The fraction of sp³-hybridized carbons (Fsp3) is 0.333. The summed E-state index contributed by atoms with van der Waals surface area (Å²) in [7, 11) is 1.36. The van der Waals surface area contributed by atoms with Crippen LogP contribution >= 0.6 is 0 Å². The van der Waals surface area contributed by atoms with Crippen molar-refractivity contribution in [3.63, 3.8) is 0 Å². The van der Waals surface area contributed by atoms with Crippen LogP contribution in [0.4, 0.5) is 5.69 Å². The van der Waals surface area contributed by atoms with Gasteiger partial charge in [-0.3, -0.25) is 4.79 Å². The van der Waals surface area contributed by atoms with Gasteiger partial charge < -0.3 is 9.64 Å². The Morgan fingerprint density at radius 3 is 2.56 bits per heavy atom. The maximum Gasteiger partial charge on any atom is 0.337 e. The zero-order valence-electron chi connectivity index (χ0n) is 9.32. The summed E-state index contributed by atoms with van der Waals surface area (Å²) in [5.41, 5.74) is 2.41. The van der Waals surface area contributed by atoms with Crippen molar-refractivity contribution >= 4 is 17.4 Å². The Hall–Kier alpha value is -1.84. The number of carbonyl (C=O) groups is 2. The van der Waals surface area contributed by atoms with Gasteiger partial charge in [0.05, 0.1) is 25.8 Å². The molecule has 0 saturated carbocycles. The van der Waals surface area contributed by atoms with Gasteiger partial charge in [-0.15, -0.1) is 0 Å². The first-order chi connectivity index (χ1) is 7.60. The van der Waals surface area contributed by atoms with E-state index in [1.165, 1.54) is 7.11 Å². The molecule has 4 heteroatoms. The van der Waals surface area contributed by atoms with Gasteiger partial charge in [0.1, 0.15) is 0 Å². The number of rotatable bonds is 2. The number of hydrogen-bond donors (Lipinski definition) is 0. The maximum atomic E-state index is 11.4. The maximum absolute atomic E-state index is 11.4. The third kappa shape index (κ3) is 1.91. The van der Waals surface area contributed by atoms with Crippen LogP contribution in [0.1, 0.15) is 15.9 Å². The van der Waals surface area contributed by atoms with E-state index in [0.717, 1.165) is 11.3 Å². The minimum atomic E-state index is -0.350. The number of anilines is 1. The lowest BCUT2D eigenvalue weighted by Gasteiger charge is -2.32. The first-order valence-electron chi connectivity index (χ1n) is 5.07. The molecule has 1 aromatic carbocycles. The summed E-state index contributed by atoms with van der Waals surface area (Å²) in [6.45, 7) is 2.78. The predicted molar refractivity (Wildman–Crippen MR) is 59.7 cm³/mol. The van der Waals surface area contributed by atoms with E-state index >= 15 is 0 Å². The first-order valence-corrected chi connectivity index (χ1v) is 5.07. The topological polar surface area (TPSA) is 46.6 Å². The molecule has 1 saturated heterocycles. The SMILES string of the molecule is COC(=O)c1cc(C)cc(N2CC(=O)C2)c1. The van der Waals surface area contributed by atoms with Crippen molar-refractivity contribution < 1.29 is 14.3 Å². The van der Waals surface area contributed by atoms with E-state index in [-0.39, 0.29) is 11.8 Å². The number of Topliss-reactive ketones (excluding diaryl/α,β-unsaturated/α-hetero) is 1. The molecular formula is C12H13NO3. The summed E-state index contributed by atoms with van der Waals surface area (Å²) in [4.78, 5) is 24.2. The summed E-state index contributed by atoms with van der Waals surface area (Å²) < 4.78 is 4.67. The molecule has 0 spiro atoms. The van der Waals surface area contributed by atoms with Crippen molar-refractivity contribution in [2.75, 3.05) is 25.1 Å². The monoisotopic (exact) mass is 219 g/mol. The lowest BCUT2D eigenvalue weighted by molar-refractivity contribution is -0.119. The average molecular weight is 219 g/mol. The van der Waals surface area contributed by atoms with Gasteiger partial charge in [-0.1, -0.05) is 0 Å². The Labute approximate surface area is 93.8 Å². The minimum absolute atomic E-state index is 0.223. The molecule has 4 nitrogen and oxygen atoms in total. The number of nitrogens with zero attached hydrogens (tertiary/aromatic N) is 1. The van der Waals surface area contributed by atoms with Crippen LogP contribution in [0.3, 0.4) is 0 Å². The Balaban J connectivity index is 2.29. The molecule has 0 bridgehead atoms. The zero-order chi connectivity index (χ0) is 11.7. The lowest BCUT2D eigenvalue weighted by atomic mass is 10.1. The number of benzene rings is 1. The van der Waals surface area contributed by atoms with E-state index in [2.05, 4.69) is 4.74 Å². The van der Waals surface area contributed by atoms with Gasteiger partial charge in [0.25, 0.3) is 0 Å². The van der Waals surface area contributed by atoms with Gasteiger partial charge in [0.2, 0.25) is 0 Å². The Morgan fingerprint density at radius 2 is 2.00 bits per heavy atom. The number of carbonyl (C=O) groups excluding carboxylic acids is 2. The lowest BCUT2D eigenvalue weighted by Crippen LogP contribution is -2.47. The largest absolute Gasteiger partial charge is 0.465 e. The van der Waals surface area contributed by atoms with Gasteiger partial charge in [-0.25, -0.2) is 4.79 Å². The summed E-state index contributed by atoms with van der Waals surface area (Å²) >= 11 is 0. The Bertz CT molecular complexity index is 446. The summed E-state index contributed by atoms with van der Waals surface area (Å²) in [5, 5.41) is 0. The molecule has 0 aromatic heterocycles. The molecule has 2 rings (SSSR count). The highest BCUT2D eigenvalue weighted by atomic mass is 16.5. The zero-order valence-corrected chi connectivity index (χ0v) is 9.32. The molecule has 0 atom stereocenters. The summed E-state index contributed by atoms with van der Waals surface area (Å²) in [6.07, 6.45) is 0. The quantitative estimate of drug-likeness (QED) is 0.700. The molecule has 0 unspecified atom stereocenters. The standard InChI is InChI=1S/C12H13NO3/c1-8-3-9(12(15)16-2)5-10(4-8)13-6-11(14)7-13/h3-5H,6-7H2,1-2H3. The van der Waals surface area contributed by atoms with E-state index < -0.39 is 0 Å². The first kappa shape index (κ1) is 10.7. The van der Waals surface area contributed by atoms with E-state index in [1.807, 2.05) is 17.9 Å². The van der Waals surface area contributed by atoms with E-state index in [0.29, 0.717) is 18.7 Å². The van der Waals surface area contributed by atoms with Crippen LogP contribution in [-0.2, 0) is 9.53 Å². The van der Waals surface area contributed by atoms with Gasteiger partial charge >= 0.3 is 5.97 Å². The number of methoxy groups -OCH3 is 1. The highest BCUT2D eigenvalue weighted by Gasteiger charge is 2.24. The third-order valence-corrected chi connectivity index (χ3v) is 2.58. The van der Waals surface area contributed by atoms with Crippen molar-refractivity contribution in [1.29, 1.82) is 0 Å². The van der Waals surface area contributed by atoms with Crippen molar-refractivity contribution in [2.24, 2.45) is 0 Å². The van der Waals surface area contributed by atoms with Crippen LogP contribution in [0, 0.1) is 6.92 Å². The molecule has 0 N–H and O–H groups in total. The number of esters is 1. The third-order valence-electron chi connectivity index (χ3n) is 2.58. The summed E-state index contributed by atoms with van der Waals surface area (Å²) in [5.74, 6) is -0.127. The Morgan fingerprint density at radius 1 is 1.31 bits per heavy atom. The molecule has 1 fully saturated rings. The molecule has 84 valence electrons. The number of hydrogen-bond acceptors (Lipinski definition) is 4. The smallest absolute Gasteiger partial charge is 0.337 e. The van der Waals surface area contributed by atoms with Crippen LogP contribution in [0.25, 0.3) is 0 Å². The highest BCUT2D eigenvalue weighted by Crippen LogP contribution is 2.22. The van der Waals surface area contributed by atoms with Gasteiger partial charge in [0, 0.05) is 5.69 Å². The molecule has 1 aromatic rings. The molecule has 0 amide bonds. The number of ketones is 1. The van der Waals surface area contributed by atoms with Crippen LogP contribution in [-0.4, -0.2) is 32.0 Å². The molecule has 16 heavy (non-hydrogen) atoms. The second-order valence-electron chi connectivity index (χ2n) is 3.94. The Kier molecular flexibility index (Phi) is 2.64. The molecule has 0 aliphatic carbocycles. The number of ether oxygens (including phenoxy) is 1. The fourth-order valence-electron chi connectivity index (χ4n) is 1.74. The van der Waals surface area contributed by atoms with Crippen LogP contribution in [0.2, 0.25) is 0 Å². The normalized spacial score (nSPS) is 14.6. The van der Waals surface area contributed by atoms with Gasteiger partial charge in [0.15, 0.2) is 5.78 Å². The van der Waals surface area contributed by atoms with Crippen LogP contribution in [0.15, 0.2) is 18.2 Å². The fourth-order valence-corrected chi connectivity index (χ4v) is 1.74.